The fourth-order valence-electron chi connectivity index (χ4n) is 1.46. The lowest BCUT2D eigenvalue weighted by Crippen LogP contribution is -2.32. The first-order chi connectivity index (χ1) is 5.75. The molecule has 4 heteroatoms. The summed E-state index contributed by atoms with van der Waals surface area (Å²) in [5, 5.41) is 8.81. The zero-order chi connectivity index (χ0) is 8.97. The Kier molecular flexibility index (Phi) is 3.49. The van der Waals surface area contributed by atoms with Crippen molar-refractivity contribution in [3.8, 4) is 0 Å². The van der Waals surface area contributed by atoms with Crippen molar-refractivity contribution in [3.05, 3.63) is 12.7 Å². The third-order valence-electron chi connectivity index (χ3n) is 2.15. The van der Waals surface area contributed by atoms with Crippen LogP contribution in [0.4, 0.5) is 0 Å². The fourth-order valence-corrected chi connectivity index (χ4v) is 3.98. The summed E-state index contributed by atoms with van der Waals surface area (Å²) in [5.41, 5.74) is -0.398. The molecule has 0 aromatic heterocycles. The molecule has 2 atom stereocenters. The van der Waals surface area contributed by atoms with Crippen LogP contribution in [0, 0.1) is 0 Å². The number of carbonyl (C=O) groups is 1. The summed E-state index contributed by atoms with van der Waals surface area (Å²) in [4.78, 5) is 10.7. The molecule has 12 heavy (non-hydrogen) atoms. The molecule has 0 aliphatic carbocycles. The van der Waals surface area contributed by atoms with Gasteiger partial charge in [-0.25, -0.2) is 0 Å². The van der Waals surface area contributed by atoms with Gasteiger partial charge in [0.25, 0.3) is 0 Å². The van der Waals surface area contributed by atoms with Crippen LogP contribution in [0.15, 0.2) is 12.7 Å². The second-order valence-corrected chi connectivity index (χ2v) is 5.71. The van der Waals surface area contributed by atoms with Crippen molar-refractivity contribution in [2.45, 2.75) is 24.4 Å². The molecule has 0 bridgehead atoms. The van der Waals surface area contributed by atoms with E-state index in [4.69, 9.17) is 9.53 Å². The topological polar surface area (TPSA) is 46.5 Å². The van der Waals surface area contributed by atoms with Gasteiger partial charge in [-0.2, -0.15) is 0 Å². The lowest BCUT2D eigenvalue weighted by molar-refractivity contribution is -0.136. The lowest BCUT2D eigenvalue weighted by atomic mass is 10.4. The molecule has 1 saturated heterocycles. The van der Waals surface area contributed by atoms with Crippen LogP contribution in [0.5, 0.6) is 0 Å². The molecule has 0 radical (unpaired) electrons. The van der Waals surface area contributed by atoms with Crippen molar-refractivity contribution >= 4 is 15.0 Å². The summed E-state index contributed by atoms with van der Waals surface area (Å²) in [6.45, 7) is 4.28. The Hall–Kier alpha value is -0.613. The van der Waals surface area contributed by atoms with Crippen molar-refractivity contribution in [1.82, 2.24) is 0 Å². The van der Waals surface area contributed by atoms with E-state index in [9.17, 15) is 4.79 Å². The van der Waals surface area contributed by atoms with Crippen LogP contribution in [-0.2, 0) is 9.22 Å². The van der Waals surface area contributed by atoms with Gasteiger partial charge in [-0.05, 0) is 12.5 Å². The molecule has 1 N–H and O–H groups in total. The monoisotopic (exact) mass is 186 g/mol. The summed E-state index contributed by atoms with van der Waals surface area (Å²) in [6.07, 6.45) is 3.71. The fraction of sp³-hybridized carbons (Fsp3) is 0.625. The minimum Gasteiger partial charge on any atom is -0.481 e. The van der Waals surface area contributed by atoms with E-state index in [1.165, 1.54) is 6.08 Å². The third kappa shape index (κ3) is 2.18. The van der Waals surface area contributed by atoms with Crippen LogP contribution in [-0.4, -0.2) is 26.7 Å². The van der Waals surface area contributed by atoms with E-state index in [0.29, 0.717) is 0 Å². The molecule has 0 aromatic rings. The van der Waals surface area contributed by atoms with Gasteiger partial charge in [-0.3, -0.25) is 4.79 Å². The minimum absolute atomic E-state index is 0.398. The normalized spacial score (nSPS) is 26.2. The molecule has 0 saturated carbocycles. The zero-order valence-corrected chi connectivity index (χ0v) is 8.19. The van der Waals surface area contributed by atoms with Crippen molar-refractivity contribution in [2.75, 3.05) is 6.61 Å². The Balaban J connectivity index is 2.51. The van der Waals surface area contributed by atoms with Crippen LogP contribution in [0.2, 0.25) is 11.6 Å². The highest BCUT2D eigenvalue weighted by molar-refractivity contribution is 6.58. The third-order valence-corrected chi connectivity index (χ3v) is 5.15. The van der Waals surface area contributed by atoms with Crippen LogP contribution in [0.3, 0.4) is 0 Å². The second kappa shape index (κ2) is 4.42. The maximum atomic E-state index is 10.7. The van der Waals surface area contributed by atoms with E-state index in [-0.39, 0.29) is 0 Å². The van der Waals surface area contributed by atoms with E-state index in [2.05, 4.69) is 6.58 Å². The predicted octanol–water partition coefficient (Wildman–Crippen LogP) is 1.16. The Morgan fingerprint density at radius 2 is 2.42 bits per heavy atom. The lowest BCUT2D eigenvalue weighted by Gasteiger charge is -2.24. The molecule has 1 fully saturated rings. The highest BCUT2D eigenvalue weighted by atomic mass is 28.3. The molecular formula is C8H14O3Si. The van der Waals surface area contributed by atoms with E-state index in [1.807, 2.05) is 0 Å². The molecule has 1 heterocycles. The van der Waals surface area contributed by atoms with Gasteiger partial charge in [0, 0.05) is 6.61 Å². The average molecular weight is 186 g/mol. The molecule has 0 spiro atoms. The Labute approximate surface area is 73.8 Å². The van der Waals surface area contributed by atoms with E-state index in [0.717, 1.165) is 25.5 Å². The van der Waals surface area contributed by atoms with Crippen molar-refractivity contribution in [3.63, 3.8) is 0 Å². The minimum atomic E-state index is -1.52. The SMILES string of the molecule is C=CC(C(=O)O)[SiH]1CCCCO1. The van der Waals surface area contributed by atoms with Gasteiger partial charge in [-0.1, -0.05) is 12.5 Å². The summed E-state index contributed by atoms with van der Waals surface area (Å²) >= 11 is 0. The Bertz CT molecular complexity index is 175. The second-order valence-electron chi connectivity index (χ2n) is 3.00. The molecule has 0 amide bonds. The number of rotatable bonds is 3. The number of carboxylic acid groups (broad SMARTS) is 1. The molecule has 1 aliphatic rings. The summed E-state index contributed by atoms with van der Waals surface area (Å²) in [6, 6.07) is 0.975. The van der Waals surface area contributed by atoms with E-state index in [1.54, 1.807) is 0 Å². The molecular weight excluding hydrogens is 172 g/mol. The van der Waals surface area contributed by atoms with Gasteiger partial charge in [-0.15, -0.1) is 6.58 Å². The quantitative estimate of drug-likeness (QED) is 0.531. The maximum Gasteiger partial charge on any atom is 0.309 e. The van der Waals surface area contributed by atoms with Crippen molar-refractivity contribution in [1.29, 1.82) is 0 Å². The van der Waals surface area contributed by atoms with Crippen molar-refractivity contribution < 1.29 is 14.3 Å². The highest BCUT2D eigenvalue weighted by Gasteiger charge is 2.29. The Morgan fingerprint density at radius 1 is 1.67 bits per heavy atom. The van der Waals surface area contributed by atoms with Gasteiger partial charge in [0.05, 0.1) is 5.54 Å². The maximum absolute atomic E-state index is 10.7. The van der Waals surface area contributed by atoms with Crippen molar-refractivity contribution in [2.24, 2.45) is 0 Å². The Morgan fingerprint density at radius 3 is 2.83 bits per heavy atom. The predicted molar refractivity (Wildman–Crippen MR) is 48.7 cm³/mol. The largest absolute Gasteiger partial charge is 0.481 e. The standard InChI is InChI=1S/C8H14O3Si/c1-2-7(8(9)10)12-6-4-3-5-11-12/h2,7,12H,1,3-6H2,(H,9,10). The number of hydrogen-bond donors (Lipinski definition) is 1. The summed E-state index contributed by atoms with van der Waals surface area (Å²) < 4.78 is 5.48. The van der Waals surface area contributed by atoms with Crippen LogP contribution < -0.4 is 0 Å². The molecule has 0 aromatic carbocycles. The van der Waals surface area contributed by atoms with Crippen LogP contribution >= 0.6 is 0 Å². The molecule has 3 nitrogen and oxygen atoms in total. The molecule has 68 valence electrons. The number of carboxylic acids is 1. The first-order valence-electron chi connectivity index (χ1n) is 4.22. The molecule has 1 aliphatic heterocycles. The first kappa shape index (κ1) is 9.47. The smallest absolute Gasteiger partial charge is 0.309 e. The van der Waals surface area contributed by atoms with Gasteiger partial charge in [0.2, 0.25) is 0 Å². The summed E-state index contributed by atoms with van der Waals surface area (Å²) in [7, 11) is -1.52. The average Bonchev–Trinajstić information content (AvgIpc) is 2.07. The van der Waals surface area contributed by atoms with Gasteiger partial charge in [0.1, 0.15) is 0 Å². The highest BCUT2D eigenvalue weighted by Crippen LogP contribution is 2.22. The van der Waals surface area contributed by atoms with E-state index >= 15 is 0 Å². The molecule has 2 unspecified atom stereocenters. The number of aliphatic carboxylic acids is 1. The van der Waals surface area contributed by atoms with Crippen LogP contribution in [0.1, 0.15) is 12.8 Å². The molecule has 1 rings (SSSR count). The number of hydrogen-bond acceptors (Lipinski definition) is 2. The van der Waals surface area contributed by atoms with Crippen LogP contribution in [0.25, 0.3) is 0 Å². The van der Waals surface area contributed by atoms with Gasteiger partial charge >= 0.3 is 5.97 Å². The van der Waals surface area contributed by atoms with Gasteiger partial charge in [0.15, 0.2) is 9.04 Å². The first-order valence-corrected chi connectivity index (χ1v) is 6.18. The van der Waals surface area contributed by atoms with E-state index < -0.39 is 20.6 Å². The zero-order valence-electron chi connectivity index (χ0n) is 7.03. The van der Waals surface area contributed by atoms with Gasteiger partial charge < -0.3 is 9.53 Å². The summed E-state index contributed by atoms with van der Waals surface area (Å²) in [5.74, 6) is -0.774.